The maximum atomic E-state index is 12.5. The average molecular weight is 428 g/mol. The third-order valence-electron chi connectivity index (χ3n) is 6.18. The van der Waals surface area contributed by atoms with Crippen LogP contribution in [0.5, 0.6) is 0 Å². The van der Waals surface area contributed by atoms with Crippen molar-refractivity contribution in [2.24, 2.45) is 0 Å². The first-order valence-electron chi connectivity index (χ1n) is 10.3. The van der Waals surface area contributed by atoms with E-state index in [-0.39, 0.29) is 25.0 Å². The lowest BCUT2D eigenvalue weighted by atomic mass is 9.88. The molecular formula is C21H25BN2O7. The number of nitrogens with zero attached hydrogens (tertiary/aromatic N) is 1. The lowest BCUT2D eigenvalue weighted by Crippen LogP contribution is -2.49. The van der Waals surface area contributed by atoms with Crippen LogP contribution in [-0.4, -0.2) is 58.7 Å². The minimum absolute atomic E-state index is 0.0535. The molecule has 2 aromatic rings. The van der Waals surface area contributed by atoms with Crippen LogP contribution in [0.15, 0.2) is 47.6 Å². The highest BCUT2D eigenvalue weighted by molar-refractivity contribution is 6.32. The maximum Gasteiger partial charge on any atom is 0.635 e. The molecule has 0 saturated carbocycles. The molecule has 2 aliphatic rings. The van der Waals surface area contributed by atoms with E-state index in [2.05, 4.69) is 11.9 Å². The van der Waals surface area contributed by atoms with Crippen LogP contribution in [0.2, 0.25) is 0 Å². The highest BCUT2D eigenvalue weighted by Crippen LogP contribution is 2.46. The number of amides is 2. The number of carbonyl (C=O) groups excluding carboxylic acids is 2. The van der Waals surface area contributed by atoms with Gasteiger partial charge in [-0.1, -0.05) is 24.8 Å². The Labute approximate surface area is 179 Å². The molecule has 164 valence electrons. The zero-order valence-corrected chi connectivity index (χ0v) is 17.0. The zero-order valence-electron chi connectivity index (χ0n) is 17.0. The van der Waals surface area contributed by atoms with Crippen LogP contribution in [-0.2, 0) is 20.6 Å². The van der Waals surface area contributed by atoms with Crippen molar-refractivity contribution in [2.45, 2.75) is 49.9 Å². The number of hydrogen-bond donors (Lipinski definition) is 3. The molecule has 1 atom stereocenters. The molecule has 0 spiro atoms. The second-order valence-electron chi connectivity index (χ2n) is 8.00. The van der Waals surface area contributed by atoms with Crippen molar-refractivity contribution >= 4 is 30.3 Å². The summed E-state index contributed by atoms with van der Waals surface area (Å²) in [5.74, 6) is -0.152. The van der Waals surface area contributed by atoms with E-state index in [0.717, 1.165) is 36.6 Å². The molecule has 10 heteroatoms. The molecule has 1 aromatic heterocycles. The fraction of sp³-hybridized carbons (Fsp3) is 0.429. The lowest BCUT2D eigenvalue weighted by molar-refractivity contribution is -0.131. The van der Waals surface area contributed by atoms with Gasteiger partial charge in [0.05, 0.1) is 11.8 Å². The third kappa shape index (κ3) is 4.32. The largest absolute Gasteiger partial charge is 0.635 e. The molecule has 0 unspecified atom stereocenters. The first kappa shape index (κ1) is 21.4. The van der Waals surface area contributed by atoms with Gasteiger partial charge < -0.3 is 28.8 Å². The first-order valence-corrected chi connectivity index (χ1v) is 10.3. The van der Waals surface area contributed by atoms with Crippen LogP contribution in [0.4, 0.5) is 4.79 Å². The second kappa shape index (κ2) is 8.74. The number of hydrogen-bond acceptors (Lipinski definition) is 7. The van der Waals surface area contributed by atoms with Crippen LogP contribution >= 0.6 is 0 Å². The summed E-state index contributed by atoms with van der Waals surface area (Å²) in [5.41, 5.74) is 0.893. The van der Waals surface area contributed by atoms with Crippen molar-refractivity contribution in [1.82, 2.24) is 10.2 Å². The summed E-state index contributed by atoms with van der Waals surface area (Å²) < 4.78 is 16.0. The van der Waals surface area contributed by atoms with E-state index in [9.17, 15) is 19.6 Å². The number of furan rings is 1. The standard InChI is InChI=1S/C21H25BN2O7/c1-2-19(25)24-15-7-9-21(24,10-8-15)13-30-20(26)23-18(31-22(27)28)11-14-12-29-17-6-4-3-5-16(14)17/h2-6,12,15,18,27-28H,1,7-11,13H2,(H,23,26)/t15?,18-,21?/m1/s1. The Morgan fingerprint density at radius 3 is 2.81 bits per heavy atom. The number of carbonyl (C=O) groups is 2. The summed E-state index contributed by atoms with van der Waals surface area (Å²) in [6.07, 6.45) is 4.42. The molecule has 2 saturated heterocycles. The summed E-state index contributed by atoms with van der Waals surface area (Å²) in [5, 5.41) is 21.9. The SMILES string of the molecule is C=CC(=O)N1C2CCC1(COC(=O)N[C@@H](Cc1coc3ccccc13)OB(O)O)CC2. The van der Waals surface area contributed by atoms with Crippen molar-refractivity contribution in [1.29, 1.82) is 0 Å². The minimum atomic E-state index is -2.08. The number of para-hydroxylation sites is 1. The monoisotopic (exact) mass is 428 g/mol. The number of rotatable bonds is 8. The highest BCUT2D eigenvalue weighted by atomic mass is 16.6. The van der Waals surface area contributed by atoms with Crippen LogP contribution < -0.4 is 5.32 Å². The Kier molecular flexibility index (Phi) is 6.04. The molecule has 2 fully saturated rings. The Morgan fingerprint density at radius 2 is 2.10 bits per heavy atom. The van der Waals surface area contributed by atoms with E-state index >= 15 is 0 Å². The number of benzene rings is 1. The molecule has 9 nitrogen and oxygen atoms in total. The smallest absolute Gasteiger partial charge is 0.464 e. The number of nitrogens with one attached hydrogen (secondary N) is 1. The molecule has 2 amide bonds. The average Bonchev–Trinajstić information content (AvgIpc) is 3.43. The summed E-state index contributed by atoms with van der Waals surface area (Å²) in [4.78, 5) is 26.5. The number of alkyl carbamates (subject to hydrolysis) is 1. The number of ether oxygens (including phenoxy) is 1. The van der Waals surface area contributed by atoms with Crippen LogP contribution in [0, 0.1) is 0 Å². The van der Waals surface area contributed by atoms with E-state index in [1.165, 1.54) is 12.3 Å². The predicted molar refractivity (Wildman–Crippen MR) is 111 cm³/mol. The quantitative estimate of drug-likeness (QED) is 0.333. The zero-order chi connectivity index (χ0) is 22.0. The van der Waals surface area contributed by atoms with Gasteiger partial charge in [-0.05, 0) is 37.8 Å². The Bertz CT molecular complexity index is 968. The topological polar surface area (TPSA) is 121 Å². The van der Waals surface area contributed by atoms with Crippen LogP contribution in [0.1, 0.15) is 31.2 Å². The van der Waals surface area contributed by atoms with Gasteiger partial charge in [0.25, 0.3) is 0 Å². The predicted octanol–water partition coefficient (Wildman–Crippen LogP) is 1.72. The second-order valence-corrected chi connectivity index (χ2v) is 8.00. The van der Waals surface area contributed by atoms with Gasteiger partial charge in [-0.25, -0.2) is 4.79 Å². The Hall–Kier alpha value is -2.82. The van der Waals surface area contributed by atoms with Gasteiger partial charge in [0.1, 0.15) is 18.4 Å². The molecular weight excluding hydrogens is 403 g/mol. The lowest BCUT2D eigenvalue weighted by Gasteiger charge is -2.33. The highest BCUT2D eigenvalue weighted by Gasteiger charge is 2.54. The Balaban J connectivity index is 1.40. The minimum Gasteiger partial charge on any atom is -0.464 e. The van der Waals surface area contributed by atoms with Crippen molar-refractivity contribution in [3.05, 3.63) is 48.7 Å². The van der Waals surface area contributed by atoms with Crippen molar-refractivity contribution in [3.8, 4) is 0 Å². The molecule has 0 aliphatic carbocycles. The molecule has 4 rings (SSSR count). The van der Waals surface area contributed by atoms with E-state index in [1.807, 2.05) is 24.3 Å². The van der Waals surface area contributed by atoms with Crippen molar-refractivity contribution in [2.75, 3.05) is 6.61 Å². The van der Waals surface area contributed by atoms with Gasteiger partial charge in [0.15, 0.2) is 0 Å². The van der Waals surface area contributed by atoms with Gasteiger partial charge in [-0.3, -0.25) is 10.1 Å². The van der Waals surface area contributed by atoms with Gasteiger partial charge in [0.2, 0.25) is 5.91 Å². The summed E-state index contributed by atoms with van der Waals surface area (Å²) in [6.45, 7) is 3.62. The van der Waals surface area contributed by atoms with E-state index in [4.69, 9.17) is 13.8 Å². The number of fused-ring (bicyclic) bond motifs is 3. The third-order valence-corrected chi connectivity index (χ3v) is 6.18. The molecule has 1 aromatic carbocycles. The van der Waals surface area contributed by atoms with Gasteiger partial charge >= 0.3 is 13.4 Å². The fourth-order valence-electron chi connectivity index (χ4n) is 4.80. The molecule has 3 N–H and O–H groups in total. The molecule has 31 heavy (non-hydrogen) atoms. The van der Waals surface area contributed by atoms with Crippen LogP contribution in [0.25, 0.3) is 11.0 Å². The Morgan fingerprint density at radius 1 is 1.35 bits per heavy atom. The summed E-state index contributed by atoms with van der Waals surface area (Å²) in [6, 6.07) is 7.52. The molecule has 0 radical (unpaired) electrons. The fourth-order valence-corrected chi connectivity index (χ4v) is 4.80. The maximum absolute atomic E-state index is 12.5. The van der Waals surface area contributed by atoms with Crippen molar-refractivity contribution < 1.29 is 33.4 Å². The first-order chi connectivity index (χ1) is 14.9. The van der Waals surface area contributed by atoms with E-state index < -0.39 is 25.2 Å². The molecule has 2 aliphatic heterocycles. The normalized spacial score (nSPS) is 23.0. The van der Waals surface area contributed by atoms with Crippen LogP contribution in [0.3, 0.4) is 0 Å². The van der Waals surface area contributed by atoms with E-state index in [0.29, 0.717) is 5.58 Å². The van der Waals surface area contributed by atoms with Crippen molar-refractivity contribution in [3.63, 3.8) is 0 Å². The van der Waals surface area contributed by atoms with Gasteiger partial charge in [-0.2, -0.15) is 0 Å². The van der Waals surface area contributed by atoms with Gasteiger partial charge in [-0.15, -0.1) is 0 Å². The summed E-state index contributed by atoms with van der Waals surface area (Å²) >= 11 is 0. The van der Waals surface area contributed by atoms with E-state index in [1.54, 1.807) is 4.90 Å². The molecule has 2 bridgehead atoms. The van der Waals surface area contributed by atoms with Gasteiger partial charge in [0, 0.05) is 23.4 Å². The molecule has 3 heterocycles. The summed E-state index contributed by atoms with van der Waals surface area (Å²) in [7, 11) is -2.08.